The van der Waals surface area contributed by atoms with Crippen LogP contribution < -0.4 is 15.2 Å². The summed E-state index contributed by atoms with van der Waals surface area (Å²) in [6.07, 6.45) is 2.06. The second-order valence-electron chi connectivity index (χ2n) is 3.54. The van der Waals surface area contributed by atoms with E-state index in [2.05, 4.69) is 6.26 Å². The van der Waals surface area contributed by atoms with E-state index in [1.807, 2.05) is 25.1 Å². The lowest BCUT2D eigenvalue weighted by Gasteiger charge is -2.13. The maximum atomic E-state index is 5.81. The van der Waals surface area contributed by atoms with Gasteiger partial charge >= 0.3 is 0 Å². The van der Waals surface area contributed by atoms with Gasteiger partial charge in [0.25, 0.3) is 0 Å². The molecule has 0 unspecified atom stereocenters. The molecule has 0 spiro atoms. The van der Waals surface area contributed by atoms with Crippen molar-refractivity contribution in [3.8, 4) is 11.5 Å². The van der Waals surface area contributed by atoms with Gasteiger partial charge in [-0.2, -0.15) is 11.8 Å². The van der Waals surface area contributed by atoms with Gasteiger partial charge < -0.3 is 15.2 Å². The van der Waals surface area contributed by atoms with Gasteiger partial charge in [0.1, 0.15) is 0 Å². The van der Waals surface area contributed by atoms with Gasteiger partial charge in [0.2, 0.25) is 0 Å². The fourth-order valence-electron chi connectivity index (χ4n) is 1.32. The minimum absolute atomic E-state index is 0.00847. The van der Waals surface area contributed by atoms with Crippen LogP contribution in [0, 0.1) is 0 Å². The van der Waals surface area contributed by atoms with Crippen molar-refractivity contribution in [2.24, 2.45) is 5.73 Å². The highest BCUT2D eigenvalue weighted by atomic mass is 32.2. The Hall–Kier alpha value is -0.870. The van der Waals surface area contributed by atoms with Crippen molar-refractivity contribution in [2.45, 2.75) is 13.0 Å². The van der Waals surface area contributed by atoms with Gasteiger partial charge in [-0.1, -0.05) is 6.07 Å². The molecular weight excluding hydrogens is 222 g/mol. The normalized spacial score (nSPS) is 12.2. The molecule has 1 aromatic carbocycles. The van der Waals surface area contributed by atoms with Crippen molar-refractivity contribution in [3.05, 3.63) is 23.8 Å². The molecule has 0 bridgehead atoms. The number of rotatable bonds is 6. The van der Waals surface area contributed by atoms with Crippen LogP contribution >= 0.6 is 11.8 Å². The molecule has 0 heterocycles. The van der Waals surface area contributed by atoms with Crippen LogP contribution in [0.15, 0.2) is 18.2 Å². The van der Waals surface area contributed by atoms with Crippen LogP contribution in [0.4, 0.5) is 0 Å². The highest BCUT2D eigenvalue weighted by Gasteiger charge is 2.07. The van der Waals surface area contributed by atoms with Gasteiger partial charge in [-0.05, 0) is 30.9 Å². The number of hydrogen-bond donors (Lipinski definition) is 1. The van der Waals surface area contributed by atoms with Gasteiger partial charge in [0, 0.05) is 11.8 Å². The molecule has 4 heteroatoms. The first-order chi connectivity index (χ1) is 7.69. The van der Waals surface area contributed by atoms with Crippen LogP contribution in [-0.2, 0) is 0 Å². The fourth-order valence-corrected chi connectivity index (χ4v) is 1.57. The van der Waals surface area contributed by atoms with Crippen molar-refractivity contribution in [1.29, 1.82) is 0 Å². The monoisotopic (exact) mass is 241 g/mol. The highest BCUT2D eigenvalue weighted by Crippen LogP contribution is 2.29. The van der Waals surface area contributed by atoms with E-state index >= 15 is 0 Å². The molecule has 1 rings (SSSR count). The molecule has 0 saturated heterocycles. The molecule has 1 atom stereocenters. The molecule has 16 heavy (non-hydrogen) atoms. The van der Waals surface area contributed by atoms with Crippen LogP contribution in [0.2, 0.25) is 0 Å². The van der Waals surface area contributed by atoms with Crippen LogP contribution in [-0.4, -0.2) is 25.7 Å². The third-order valence-corrected chi connectivity index (χ3v) is 2.83. The van der Waals surface area contributed by atoms with Crippen LogP contribution in [0.1, 0.15) is 18.5 Å². The van der Waals surface area contributed by atoms with Gasteiger partial charge in [0.05, 0.1) is 13.7 Å². The summed E-state index contributed by atoms with van der Waals surface area (Å²) in [5.74, 6) is 2.50. The zero-order chi connectivity index (χ0) is 12.0. The molecule has 0 aliphatic carbocycles. The van der Waals surface area contributed by atoms with Crippen molar-refractivity contribution in [2.75, 3.05) is 25.7 Å². The van der Waals surface area contributed by atoms with E-state index in [1.165, 1.54) is 0 Å². The fraction of sp³-hybridized carbons (Fsp3) is 0.500. The first-order valence-corrected chi connectivity index (χ1v) is 6.63. The van der Waals surface area contributed by atoms with E-state index in [1.54, 1.807) is 18.9 Å². The zero-order valence-electron chi connectivity index (χ0n) is 10.0. The first kappa shape index (κ1) is 13.2. The molecule has 0 aromatic heterocycles. The number of methoxy groups -OCH3 is 1. The number of nitrogens with two attached hydrogens (primary N) is 1. The van der Waals surface area contributed by atoms with Gasteiger partial charge in [-0.3, -0.25) is 0 Å². The summed E-state index contributed by atoms with van der Waals surface area (Å²) >= 11 is 1.76. The van der Waals surface area contributed by atoms with Gasteiger partial charge in [0.15, 0.2) is 11.5 Å². The summed E-state index contributed by atoms with van der Waals surface area (Å²) in [5.41, 5.74) is 6.86. The number of hydrogen-bond acceptors (Lipinski definition) is 4. The van der Waals surface area contributed by atoms with Gasteiger partial charge in [-0.25, -0.2) is 0 Å². The predicted octanol–water partition coefficient (Wildman–Crippen LogP) is 2.46. The summed E-state index contributed by atoms with van der Waals surface area (Å²) in [5, 5.41) is 0. The number of thioether (sulfide) groups is 1. The van der Waals surface area contributed by atoms with E-state index in [0.29, 0.717) is 6.61 Å². The summed E-state index contributed by atoms with van der Waals surface area (Å²) in [4.78, 5) is 0. The maximum Gasteiger partial charge on any atom is 0.161 e. The molecule has 1 aromatic rings. The number of ether oxygens (including phenoxy) is 2. The van der Waals surface area contributed by atoms with E-state index in [4.69, 9.17) is 15.2 Å². The Labute approximate surface area is 101 Å². The van der Waals surface area contributed by atoms with Crippen molar-refractivity contribution < 1.29 is 9.47 Å². The van der Waals surface area contributed by atoms with Crippen LogP contribution in [0.3, 0.4) is 0 Å². The van der Waals surface area contributed by atoms with E-state index in [-0.39, 0.29) is 6.04 Å². The predicted molar refractivity (Wildman–Crippen MR) is 69.5 cm³/mol. The average Bonchev–Trinajstić information content (AvgIpc) is 2.29. The Morgan fingerprint density at radius 1 is 1.38 bits per heavy atom. The molecule has 0 saturated carbocycles. The van der Waals surface area contributed by atoms with Crippen molar-refractivity contribution in [3.63, 3.8) is 0 Å². The van der Waals surface area contributed by atoms with E-state index in [9.17, 15) is 0 Å². The Balaban J connectivity index is 2.76. The Kier molecular flexibility index (Phi) is 5.49. The highest BCUT2D eigenvalue weighted by molar-refractivity contribution is 7.98. The van der Waals surface area contributed by atoms with Crippen molar-refractivity contribution in [1.82, 2.24) is 0 Å². The second-order valence-corrected chi connectivity index (χ2v) is 4.53. The molecule has 0 amide bonds. The smallest absolute Gasteiger partial charge is 0.161 e. The summed E-state index contributed by atoms with van der Waals surface area (Å²) in [6, 6.07) is 5.83. The molecule has 3 nitrogen and oxygen atoms in total. The quantitative estimate of drug-likeness (QED) is 0.777. The zero-order valence-corrected chi connectivity index (χ0v) is 10.8. The largest absolute Gasteiger partial charge is 0.493 e. The average molecular weight is 241 g/mol. The Bertz CT molecular complexity index is 329. The molecule has 0 radical (unpaired) electrons. The Morgan fingerprint density at radius 2 is 2.12 bits per heavy atom. The molecule has 0 aliphatic heterocycles. The third-order valence-electron chi connectivity index (χ3n) is 2.26. The molecule has 2 N–H and O–H groups in total. The lowest BCUT2D eigenvalue weighted by Crippen LogP contribution is -2.06. The molecule has 0 fully saturated rings. The first-order valence-electron chi connectivity index (χ1n) is 5.24. The molecule has 0 aliphatic rings. The summed E-state index contributed by atoms with van der Waals surface area (Å²) < 4.78 is 10.9. The third kappa shape index (κ3) is 3.61. The minimum atomic E-state index is 0.00847. The molecule has 90 valence electrons. The maximum absolute atomic E-state index is 5.81. The molecular formula is C12H19NO2S. The second kappa shape index (κ2) is 6.66. The van der Waals surface area contributed by atoms with Crippen LogP contribution in [0.5, 0.6) is 11.5 Å². The Morgan fingerprint density at radius 3 is 2.69 bits per heavy atom. The lowest BCUT2D eigenvalue weighted by molar-refractivity contribution is 0.313. The van der Waals surface area contributed by atoms with Gasteiger partial charge in [-0.15, -0.1) is 0 Å². The van der Waals surface area contributed by atoms with E-state index in [0.717, 1.165) is 22.8 Å². The summed E-state index contributed by atoms with van der Waals surface area (Å²) in [7, 11) is 1.64. The lowest BCUT2D eigenvalue weighted by atomic mass is 10.1. The number of benzene rings is 1. The standard InChI is InChI=1S/C12H19NO2S/c1-9(13)10-4-5-11(12(8-10)14-2)15-6-7-16-3/h4-5,8-9H,6-7,13H2,1-3H3/t9-/m0/s1. The SMILES string of the molecule is COc1cc([C@H](C)N)ccc1OCCSC. The van der Waals surface area contributed by atoms with Crippen LogP contribution in [0.25, 0.3) is 0 Å². The minimum Gasteiger partial charge on any atom is -0.493 e. The van der Waals surface area contributed by atoms with E-state index < -0.39 is 0 Å². The summed E-state index contributed by atoms with van der Waals surface area (Å²) in [6.45, 7) is 2.64. The van der Waals surface area contributed by atoms with Crippen molar-refractivity contribution >= 4 is 11.8 Å². The topological polar surface area (TPSA) is 44.5 Å².